The number of halogens is 1. The zero-order valence-corrected chi connectivity index (χ0v) is 12.9. The van der Waals surface area contributed by atoms with Gasteiger partial charge in [0.25, 0.3) is 5.56 Å². The molecule has 0 radical (unpaired) electrons. The van der Waals surface area contributed by atoms with Crippen molar-refractivity contribution in [3.63, 3.8) is 0 Å². The Morgan fingerprint density at radius 2 is 2.24 bits per heavy atom. The van der Waals surface area contributed by atoms with E-state index in [0.29, 0.717) is 35.0 Å². The smallest absolute Gasteiger partial charge is 0.254 e. The topological polar surface area (TPSA) is 84.4 Å². The van der Waals surface area contributed by atoms with Crippen molar-refractivity contribution in [3.8, 4) is 22.9 Å². The fourth-order valence-electron chi connectivity index (χ4n) is 2.26. The molecule has 1 aliphatic heterocycles. The molecule has 1 aromatic carbocycles. The molecule has 6 nitrogen and oxygen atoms in total. The Morgan fingerprint density at radius 1 is 1.43 bits per heavy atom. The third-order valence-electron chi connectivity index (χ3n) is 3.28. The van der Waals surface area contributed by atoms with Gasteiger partial charge < -0.3 is 19.6 Å². The molecule has 0 spiro atoms. The largest absolute Gasteiger partial charge is 0.454 e. The number of aryl methyl sites for hydroxylation is 1. The van der Waals surface area contributed by atoms with E-state index in [9.17, 15) is 4.79 Å². The molecule has 0 bridgehead atoms. The Morgan fingerprint density at radius 3 is 2.95 bits per heavy atom. The Balaban J connectivity index is 2.09. The van der Waals surface area contributed by atoms with E-state index < -0.39 is 0 Å². The maximum atomic E-state index is 12.1. The minimum absolute atomic E-state index is 0.0828. The standard InChI is InChI=1S/C14H13BrN2O4/c1-7-9(2-3-18)14(19)17-13(16-7)8-4-10(15)12-11(5-8)20-6-21-12/h4-5,18H,2-3,6H2,1H3,(H,16,17,19). The quantitative estimate of drug-likeness (QED) is 0.879. The average molecular weight is 353 g/mol. The number of nitrogens with one attached hydrogen (secondary N) is 1. The summed E-state index contributed by atoms with van der Waals surface area (Å²) in [5.74, 6) is 1.71. The molecule has 0 saturated heterocycles. The van der Waals surface area contributed by atoms with E-state index in [1.54, 1.807) is 13.0 Å². The number of hydrogen-bond donors (Lipinski definition) is 2. The second-order valence-corrected chi connectivity index (χ2v) is 5.50. The second-order valence-electron chi connectivity index (χ2n) is 4.64. The van der Waals surface area contributed by atoms with E-state index in [0.717, 1.165) is 10.0 Å². The molecule has 0 saturated carbocycles. The van der Waals surface area contributed by atoms with E-state index in [1.807, 2.05) is 6.07 Å². The van der Waals surface area contributed by atoms with Gasteiger partial charge in [0.05, 0.1) is 4.47 Å². The minimum Gasteiger partial charge on any atom is -0.454 e. The summed E-state index contributed by atoms with van der Waals surface area (Å²) in [4.78, 5) is 19.2. The third kappa shape index (κ3) is 2.54. The van der Waals surface area contributed by atoms with E-state index >= 15 is 0 Å². The maximum Gasteiger partial charge on any atom is 0.254 e. The van der Waals surface area contributed by atoms with Crippen LogP contribution in [0.2, 0.25) is 0 Å². The van der Waals surface area contributed by atoms with Gasteiger partial charge in [0.2, 0.25) is 6.79 Å². The molecule has 7 heteroatoms. The molecule has 0 fully saturated rings. The lowest BCUT2D eigenvalue weighted by molar-refractivity contribution is 0.173. The van der Waals surface area contributed by atoms with Crippen molar-refractivity contribution < 1.29 is 14.6 Å². The van der Waals surface area contributed by atoms with Crippen LogP contribution in [0.15, 0.2) is 21.4 Å². The van der Waals surface area contributed by atoms with Gasteiger partial charge in [0, 0.05) is 29.8 Å². The van der Waals surface area contributed by atoms with E-state index in [4.69, 9.17) is 14.6 Å². The molecule has 2 aromatic rings. The summed E-state index contributed by atoms with van der Waals surface area (Å²) >= 11 is 3.41. The van der Waals surface area contributed by atoms with Crippen LogP contribution < -0.4 is 15.0 Å². The van der Waals surface area contributed by atoms with Gasteiger partial charge in [-0.15, -0.1) is 0 Å². The maximum absolute atomic E-state index is 12.1. The van der Waals surface area contributed by atoms with Crippen molar-refractivity contribution >= 4 is 15.9 Å². The summed E-state index contributed by atoms with van der Waals surface area (Å²) in [6.07, 6.45) is 0.291. The second kappa shape index (κ2) is 5.50. The van der Waals surface area contributed by atoms with Gasteiger partial charge in [-0.2, -0.15) is 0 Å². The molecule has 1 aromatic heterocycles. The third-order valence-corrected chi connectivity index (χ3v) is 3.87. The lowest BCUT2D eigenvalue weighted by Gasteiger charge is -2.08. The Kier molecular flexibility index (Phi) is 3.69. The molecule has 3 rings (SSSR count). The van der Waals surface area contributed by atoms with Gasteiger partial charge in [-0.3, -0.25) is 4.79 Å². The van der Waals surface area contributed by atoms with Gasteiger partial charge in [-0.25, -0.2) is 4.98 Å². The molecule has 0 aliphatic carbocycles. The van der Waals surface area contributed by atoms with Crippen molar-refractivity contribution in [3.05, 3.63) is 38.2 Å². The first-order valence-electron chi connectivity index (χ1n) is 6.40. The highest BCUT2D eigenvalue weighted by Gasteiger charge is 2.19. The zero-order valence-electron chi connectivity index (χ0n) is 11.3. The molecule has 1 aliphatic rings. The Bertz CT molecular complexity index is 757. The number of aliphatic hydroxyl groups excluding tert-OH is 1. The lowest BCUT2D eigenvalue weighted by Crippen LogP contribution is -2.18. The van der Waals surface area contributed by atoms with Crippen molar-refractivity contribution in [2.45, 2.75) is 13.3 Å². The molecule has 2 N–H and O–H groups in total. The SMILES string of the molecule is Cc1nc(-c2cc(Br)c3c(c2)OCO3)[nH]c(=O)c1CCO. The van der Waals surface area contributed by atoms with Crippen LogP contribution in [0.5, 0.6) is 11.5 Å². The number of fused-ring (bicyclic) bond motifs is 1. The average Bonchev–Trinajstić information content (AvgIpc) is 2.91. The number of H-pyrrole nitrogens is 1. The first-order chi connectivity index (χ1) is 10.1. The van der Waals surface area contributed by atoms with Crippen LogP contribution in [-0.2, 0) is 6.42 Å². The van der Waals surface area contributed by atoms with Crippen LogP contribution in [-0.4, -0.2) is 28.5 Å². The van der Waals surface area contributed by atoms with Gasteiger partial charge in [-0.1, -0.05) is 0 Å². The summed E-state index contributed by atoms with van der Waals surface area (Å²) in [5, 5.41) is 8.98. The van der Waals surface area contributed by atoms with E-state index in [1.165, 1.54) is 0 Å². The van der Waals surface area contributed by atoms with Crippen LogP contribution >= 0.6 is 15.9 Å². The Hall–Kier alpha value is -1.86. The molecule has 2 heterocycles. The van der Waals surface area contributed by atoms with Crippen molar-refractivity contribution in [2.24, 2.45) is 0 Å². The molecule has 0 amide bonds. The summed E-state index contributed by atoms with van der Waals surface area (Å²) in [6.45, 7) is 1.85. The normalized spacial score (nSPS) is 12.7. The summed E-state index contributed by atoms with van der Waals surface area (Å²) in [7, 11) is 0. The molecule has 21 heavy (non-hydrogen) atoms. The highest BCUT2D eigenvalue weighted by atomic mass is 79.9. The molecular weight excluding hydrogens is 340 g/mol. The van der Waals surface area contributed by atoms with Gasteiger partial charge >= 0.3 is 0 Å². The summed E-state index contributed by atoms with van der Waals surface area (Å²) in [6, 6.07) is 3.59. The first kappa shape index (κ1) is 14.1. The number of nitrogens with zero attached hydrogens (tertiary/aromatic N) is 1. The van der Waals surface area contributed by atoms with Crippen LogP contribution in [0, 0.1) is 6.92 Å². The van der Waals surface area contributed by atoms with Gasteiger partial charge in [0.15, 0.2) is 11.5 Å². The Labute approximate surface area is 128 Å². The molecule has 0 atom stereocenters. The number of ether oxygens (including phenoxy) is 2. The van der Waals surface area contributed by atoms with Crippen LogP contribution in [0.1, 0.15) is 11.3 Å². The van der Waals surface area contributed by atoms with Crippen molar-refractivity contribution in [1.29, 1.82) is 0 Å². The number of aliphatic hydroxyl groups is 1. The number of rotatable bonds is 3. The number of aromatic nitrogens is 2. The zero-order chi connectivity index (χ0) is 15.0. The van der Waals surface area contributed by atoms with Gasteiger partial charge in [0.1, 0.15) is 5.82 Å². The van der Waals surface area contributed by atoms with Crippen LogP contribution in [0.4, 0.5) is 0 Å². The lowest BCUT2D eigenvalue weighted by atomic mass is 10.1. The molecule has 110 valence electrons. The predicted molar refractivity (Wildman–Crippen MR) is 79.6 cm³/mol. The first-order valence-corrected chi connectivity index (χ1v) is 7.19. The fraction of sp³-hybridized carbons (Fsp3) is 0.286. The highest BCUT2D eigenvalue weighted by molar-refractivity contribution is 9.10. The van der Waals surface area contributed by atoms with E-state index in [2.05, 4.69) is 25.9 Å². The van der Waals surface area contributed by atoms with Crippen molar-refractivity contribution in [2.75, 3.05) is 13.4 Å². The number of benzene rings is 1. The monoisotopic (exact) mass is 352 g/mol. The highest BCUT2D eigenvalue weighted by Crippen LogP contribution is 2.41. The minimum atomic E-state index is -0.236. The summed E-state index contributed by atoms with van der Waals surface area (Å²) < 4.78 is 11.4. The van der Waals surface area contributed by atoms with Gasteiger partial charge in [-0.05, 0) is 35.0 Å². The number of aromatic amines is 1. The fourth-order valence-corrected chi connectivity index (χ4v) is 2.81. The van der Waals surface area contributed by atoms with Crippen LogP contribution in [0.3, 0.4) is 0 Å². The molecule has 0 unspecified atom stereocenters. The molecular formula is C14H13BrN2O4. The summed E-state index contributed by atoms with van der Waals surface area (Å²) in [5.41, 5.74) is 1.60. The van der Waals surface area contributed by atoms with Crippen LogP contribution in [0.25, 0.3) is 11.4 Å². The predicted octanol–water partition coefficient (Wildman–Crippen LogP) is 1.77. The van der Waals surface area contributed by atoms with Crippen molar-refractivity contribution in [1.82, 2.24) is 9.97 Å². The van der Waals surface area contributed by atoms with E-state index in [-0.39, 0.29) is 19.0 Å². The number of hydrogen-bond acceptors (Lipinski definition) is 5.